The molecule has 2 N–H and O–H groups in total. The van der Waals surface area contributed by atoms with Gasteiger partial charge in [0.25, 0.3) is 0 Å². The molecule has 1 saturated heterocycles. The van der Waals surface area contributed by atoms with E-state index in [9.17, 15) is 0 Å². The van der Waals surface area contributed by atoms with Crippen molar-refractivity contribution >= 4 is 11.8 Å². The van der Waals surface area contributed by atoms with Crippen molar-refractivity contribution in [1.29, 1.82) is 0 Å². The Labute approximate surface area is 145 Å². The lowest BCUT2D eigenvalue weighted by atomic mass is 10.1. The minimum absolute atomic E-state index is 0.626. The van der Waals surface area contributed by atoms with Gasteiger partial charge in [-0.1, -0.05) is 6.07 Å². The molecule has 6 nitrogen and oxygen atoms in total. The van der Waals surface area contributed by atoms with Crippen molar-refractivity contribution in [2.75, 3.05) is 51.8 Å². The summed E-state index contributed by atoms with van der Waals surface area (Å²) in [6.45, 7) is 7.56. The number of guanidine groups is 1. The lowest BCUT2D eigenvalue weighted by molar-refractivity contribution is 0.181. The Morgan fingerprint density at radius 2 is 2.33 bits per heavy atom. The highest BCUT2D eigenvalue weighted by Crippen LogP contribution is 2.13. The van der Waals surface area contributed by atoms with E-state index in [1.54, 1.807) is 6.20 Å². The minimum atomic E-state index is 0.626. The quantitative estimate of drug-likeness (QED) is 0.412. The summed E-state index contributed by atoms with van der Waals surface area (Å²) >= 11 is 0. The summed E-state index contributed by atoms with van der Waals surface area (Å²) in [7, 11) is 2.11. The van der Waals surface area contributed by atoms with Crippen molar-refractivity contribution in [3.05, 3.63) is 24.4 Å². The molecular weight excluding hydrogens is 302 g/mol. The summed E-state index contributed by atoms with van der Waals surface area (Å²) in [5.74, 6) is 2.57. The number of ether oxygens (including phenoxy) is 1. The third kappa shape index (κ3) is 6.74. The molecule has 0 saturated carbocycles. The largest absolute Gasteiger partial charge is 0.381 e. The first-order chi connectivity index (χ1) is 11.8. The maximum atomic E-state index is 5.46. The van der Waals surface area contributed by atoms with Crippen LogP contribution in [-0.2, 0) is 4.74 Å². The van der Waals surface area contributed by atoms with Crippen molar-refractivity contribution in [1.82, 2.24) is 15.2 Å². The lowest BCUT2D eigenvalue weighted by Crippen LogP contribution is -2.41. The molecule has 0 aromatic carbocycles. The van der Waals surface area contributed by atoms with Gasteiger partial charge in [0.2, 0.25) is 0 Å². The number of hydrogen-bond donors (Lipinski definition) is 2. The van der Waals surface area contributed by atoms with E-state index in [1.807, 2.05) is 18.2 Å². The van der Waals surface area contributed by atoms with Crippen molar-refractivity contribution in [3.8, 4) is 0 Å². The Hall–Kier alpha value is -1.82. The zero-order chi connectivity index (χ0) is 17.0. The summed E-state index contributed by atoms with van der Waals surface area (Å²) in [4.78, 5) is 11.2. The molecule has 1 aliphatic heterocycles. The second kappa shape index (κ2) is 10.9. The third-order valence-electron chi connectivity index (χ3n) is 4.07. The van der Waals surface area contributed by atoms with Crippen molar-refractivity contribution < 1.29 is 4.74 Å². The van der Waals surface area contributed by atoms with Crippen LogP contribution >= 0.6 is 0 Å². The van der Waals surface area contributed by atoms with Gasteiger partial charge in [-0.3, -0.25) is 4.99 Å². The number of nitrogens with zero attached hydrogens (tertiary/aromatic N) is 3. The molecule has 0 amide bonds. The molecule has 1 fully saturated rings. The molecule has 1 aliphatic rings. The average Bonchev–Trinajstić information content (AvgIpc) is 3.10. The standard InChI is InChI=1S/C18H31N5O/c1-3-19-18(23(2)14-16-9-13-24-15-16)22-12-7-6-11-21-17-8-4-5-10-20-17/h4-5,8,10,16H,3,6-7,9,11-15H2,1-2H3,(H,19,22)(H,20,21). The summed E-state index contributed by atoms with van der Waals surface area (Å²) < 4.78 is 5.46. The number of aliphatic imine (C=N–C) groups is 1. The molecule has 2 heterocycles. The van der Waals surface area contributed by atoms with Crippen molar-refractivity contribution in [3.63, 3.8) is 0 Å². The van der Waals surface area contributed by atoms with Crippen LogP contribution in [0.25, 0.3) is 0 Å². The van der Waals surface area contributed by atoms with Gasteiger partial charge in [0.15, 0.2) is 5.96 Å². The van der Waals surface area contributed by atoms with Gasteiger partial charge in [-0.2, -0.15) is 0 Å². The van der Waals surface area contributed by atoms with E-state index in [0.717, 1.165) is 70.4 Å². The van der Waals surface area contributed by atoms with Crippen LogP contribution in [0.4, 0.5) is 5.82 Å². The van der Waals surface area contributed by atoms with Gasteiger partial charge < -0.3 is 20.3 Å². The maximum Gasteiger partial charge on any atom is 0.193 e. The van der Waals surface area contributed by atoms with E-state index in [1.165, 1.54) is 0 Å². The van der Waals surface area contributed by atoms with E-state index >= 15 is 0 Å². The maximum absolute atomic E-state index is 5.46. The number of anilines is 1. The first-order valence-corrected chi connectivity index (χ1v) is 9.01. The van der Waals surface area contributed by atoms with Gasteiger partial charge in [-0.15, -0.1) is 0 Å². The van der Waals surface area contributed by atoms with Crippen LogP contribution in [0, 0.1) is 5.92 Å². The second-order valence-electron chi connectivity index (χ2n) is 6.19. The van der Waals surface area contributed by atoms with E-state index in [2.05, 4.69) is 34.5 Å². The van der Waals surface area contributed by atoms with Gasteiger partial charge in [-0.05, 0) is 38.3 Å². The molecule has 1 unspecified atom stereocenters. The molecule has 1 aromatic rings. The van der Waals surface area contributed by atoms with Crippen LogP contribution < -0.4 is 10.6 Å². The first kappa shape index (κ1) is 18.5. The van der Waals surface area contributed by atoms with Crippen LogP contribution in [0.3, 0.4) is 0 Å². The number of aromatic nitrogens is 1. The zero-order valence-corrected chi connectivity index (χ0v) is 15.0. The van der Waals surface area contributed by atoms with Crippen LogP contribution in [-0.4, -0.2) is 62.3 Å². The summed E-state index contributed by atoms with van der Waals surface area (Å²) in [6.07, 6.45) is 5.11. The van der Waals surface area contributed by atoms with Crippen LogP contribution in [0.2, 0.25) is 0 Å². The number of nitrogens with one attached hydrogen (secondary N) is 2. The van der Waals surface area contributed by atoms with Crippen LogP contribution in [0.1, 0.15) is 26.2 Å². The van der Waals surface area contributed by atoms with Crippen molar-refractivity contribution in [2.24, 2.45) is 10.9 Å². The SMILES string of the molecule is CCNC(=NCCCCNc1ccccn1)N(C)CC1CCOC1. The van der Waals surface area contributed by atoms with E-state index in [0.29, 0.717) is 5.92 Å². The van der Waals surface area contributed by atoms with Gasteiger partial charge >= 0.3 is 0 Å². The zero-order valence-electron chi connectivity index (χ0n) is 15.0. The fourth-order valence-electron chi connectivity index (χ4n) is 2.78. The normalized spacial score (nSPS) is 17.8. The molecule has 6 heteroatoms. The number of hydrogen-bond acceptors (Lipinski definition) is 4. The molecule has 24 heavy (non-hydrogen) atoms. The van der Waals surface area contributed by atoms with E-state index < -0.39 is 0 Å². The summed E-state index contributed by atoms with van der Waals surface area (Å²) in [6, 6.07) is 5.91. The third-order valence-corrected chi connectivity index (χ3v) is 4.07. The van der Waals surface area contributed by atoms with Gasteiger partial charge in [0, 0.05) is 51.9 Å². The highest BCUT2D eigenvalue weighted by molar-refractivity contribution is 5.79. The fourth-order valence-corrected chi connectivity index (χ4v) is 2.78. The molecule has 0 radical (unpaired) electrons. The topological polar surface area (TPSA) is 61.8 Å². The molecular formula is C18H31N5O. The van der Waals surface area contributed by atoms with Crippen LogP contribution in [0.15, 0.2) is 29.4 Å². The molecule has 0 aliphatic carbocycles. The minimum Gasteiger partial charge on any atom is -0.381 e. The Morgan fingerprint density at radius 1 is 1.42 bits per heavy atom. The summed E-state index contributed by atoms with van der Waals surface area (Å²) in [5, 5.41) is 6.71. The van der Waals surface area contributed by atoms with Gasteiger partial charge in [0.05, 0.1) is 6.61 Å². The number of pyridine rings is 1. The lowest BCUT2D eigenvalue weighted by Gasteiger charge is -2.24. The Balaban J connectivity index is 1.66. The Kier molecular flexibility index (Phi) is 8.38. The molecule has 1 aromatic heterocycles. The second-order valence-corrected chi connectivity index (χ2v) is 6.19. The Bertz CT molecular complexity index is 474. The fraction of sp³-hybridized carbons (Fsp3) is 0.667. The highest BCUT2D eigenvalue weighted by atomic mass is 16.5. The van der Waals surface area contributed by atoms with Crippen LogP contribution in [0.5, 0.6) is 0 Å². The molecule has 0 bridgehead atoms. The van der Waals surface area contributed by atoms with E-state index in [4.69, 9.17) is 9.73 Å². The Morgan fingerprint density at radius 3 is 3.04 bits per heavy atom. The smallest absolute Gasteiger partial charge is 0.193 e. The molecule has 1 atom stereocenters. The first-order valence-electron chi connectivity index (χ1n) is 9.01. The molecule has 2 rings (SSSR count). The summed E-state index contributed by atoms with van der Waals surface area (Å²) in [5.41, 5.74) is 0. The predicted octanol–water partition coefficient (Wildman–Crippen LogP) is 2.21. The van der Waals surface area contributed by atoms with Gasteiger partial charge in [-0.25, -0.2) is 4.98 Å². The molecule has 134 valence electrons. The van der Waals surface area contributed by atoms with Gasteiger partial charge in [0.1, 0.15) is 5.82 Å². The highest BCUT2D eigenvalue weighted by Gasteiger charge is 2.18. The predicted molar refractivity (Wildman–Crippen MR) is 99.5 cm³/mol. The number of unbranched alkanes of at least 4 members (excludes halogenated alkanes) is 1. The van der Waals surface area contributed by atoms with Crippen molar-refractivity contribution in [2.45, 2.75) is 26.2 Å². The monoisotopic (exact) mass is 333 g/mol. The number of rotatable bonds is 9. The average molecular weight is 333 g/mol. The molecule has 0 spiro atoms. The van der Waals surface area contributed by atoms with E-state index in [-0.39, 0.29) is 0 Å².